The third kappa shape index (κ3) is 4.06. The molecule has 0 saturated heterocycles. The molecule has 4 rings (SSSR count). The first-order valence-electron chi connectivity index (χ1n) is 9.40. The van der Waals surface area contributed by atoms with Crippen molar-refractivity contribution in [1.82, 2.24) is 30.0 Å². The molecule has 3 N–H and O–H groups in total. The van der Waals surface area contributed by atoms with Crippen LogP contribution in [0.2, 0.25) is 0 Å². The predicted molar refractivity (Wildman–Crippen MR) is 113 cm³/mol. The van der Waals surface area contributed by atoms with Crippen molar-refractivity contribution in [1.29, 1.82) is 0 Å². The first-order chi connectivity index (χ1) is 14.8. The molecule has 0 spiro atoms. The second-order valence-electron chi connectivity index (χ2n) is 7.08. The van der Waals surface area contributed by atoms with E-state index < -0.39 is 11.5 Å². The lowest BCUT2D eigenvalue weighted by atomic mass is 10.1. The van der Waals surface area contributed by atoms with Gasteiger partial charge in [0.25, 0.3) is 5.56 Å². The number of rotatable bonds is 5. The lowest BCUT2D eigenvalue weighted by Crippen LogP contribution is -2.31. The number of furan rings is 1. The number of anilines is 2. The van der Waals surface area contributed by atoms with Crippen molar-refractivity contribution in [2.75, 3.05) is 11.1 Å². The zero-order valence-corrected chi connectivity index (χ0v) is 17.2. The summed E-state index contributed by atoms with van der Waals surface area (Å²) in [5.74, 6) is 0.946. The van der Waals surface area contributed by atoms with Crippen molar-refractivity contribution in [2.45, 2.75) is 27.3 Å². The number of nitrogen functional groups attached to an aromatic ring is 1. The van der Waals surface area contributed by atoms with Crippen LogP contribution in [-0.4, -0.2) is 35.9 Å². The molecule has 0 bridgehead atoms. The molecular weight excluding hydrogens is 400 g/mol. The van der Waals surface area contributed by atoms with E-state index in [2.05, 4.69) is 25.9 Å². The first-order valence-corrected chi connectivity index (χ1v) is 9.40. The van der Waals surface area contributed by atoms with E-state index in [-0.39, 0.29) is 12.2 Å². The summed E-state index contributed by atoms with van der Waals surface area (Å²) in [4.78, 5) is 25.0. The van der Waals surface area contributed by atoms with Crippen molar-refractivity contribution >= 4 is 17.3 Å². The Morgan fingerprint density at radius 1 is 1.19 bits per heavy atom. The first kappa shape index (κ1) is 20.0. The van der Waals surface area contributed by atoms with Gasteiger partial charge >= 0.3 is 0 Å². The number of aromatic nitrogens is 6. The Balaban J connectivity index is 1.55. The number of carbonyl (C=O) groups excluding carboxylic acids is 1. The van der Waals surface area contributed by atoms with E-state index in [0.29, 0.717) is 28.5 Å². The van der Waals surface area contributed by atoms with E-state index in [1.165, 1.54) is 17.1 Å². The largest absolute Gasteiger partial charge is 0.466 e. The van der Waals surface area contributed by atoms with E-state index in [4.69, 9.17) is 10.2 Å². The molecule has 11 heteroatoms. The molecule has 0 unspecified atom stereocenters. The second kappa shape index (κ2) is 7.86. The summed E-state index contributed by atoms with van der Waals surface area (Å²) >= 11 is 0. The Kier molecular flexibility index (Phi) is 5.07. The number of tetrazole rings is 1. The van der Waals surface area contributed by atoms with Crippen molar-refractivity contribution in [3.05, 3.63) is 64.1 Å². The van der Waals surface area contributed by atoms with E-state index in [0.717, 1.165) is 15.9 Å². The standard InChI is InChI=1S/C20H20N8O3/c1-11-6-14(4-5-18(11)28-10-22-25-26-28)23-19(29)9-27-20(30)16(21)8-17(24-27)15-7-12(2)31-13(15)3/h4-8,10H,9,21H2,1-3H3,(H,23,29). The molecule has 158 valence electrons. The Labute approximate surface area is 176 Å². The number of aryl methyl sites for hydroxylation is 3. The lowest BCUT2D eigenvalue weighted by molar-refractivity contribution is -0.117. The monoisotopic (exact) mass is 420 g/mol. The van der Waals surface area contributed by atoms with E-state index in [1.54, 1.807) is 31.2 Å². The second-order valence-corrected chi connectivity index (χ2v) is 7.08. The fraction of sp³-hybridized carbons (Fsp3) is 0.200. The van der Waals surface area contributed by atoms with Gasteiger partial charge in [0.05, 0.1) is 11.4 Å². The number of benzene rings is 1. The van der Waals surface area contributed by atoms with Crippen LogP contribution >= 0.6 is 0 Å². The number of nitrogens with zero attached hydrogens (tertiary/aromatic N) is 6. The molecule has 0 fully saturated rings. The Hall–Kier alpha value is -4.28. The third-order valence-corrected chi connectivity index (χ3v) is 4.69. The highest BCUT2D eigenvalue weighted by atomic mass is 16.3. The average Bonchev–Trinajstić information content (AvgIpc) is 3.35. The topological polar surface area (TPSA) is 147 Å². The molecule has 0 atom stereocenters. The van der Waals surface area contributed by atoms with Crippen LogP contribution in [0.1, 0.15) is 17.1 Å². The summed E-state index contributed by atoms with van der Waals surface area (Å²) in [7, 11) is 0. The van der Waals surface area contributed by atoms with E-state index >= 15 is 0 Å². The van der Waals surface area contributed by atoms with Gasteiger partial charge in [-0.25, -0.2) is 9.36 Å². The summed E-state index contributed by atoms with van der Waals surface area (Å²) in [6.07, 6.45) is 1.49. The number of amides is 1. The number of hydrogen-bond donors (Lipinski definition) is 2. The molecule has 3 heterocycles. The van der Waals surface area contributed by atoms with Gasteiger partial charge < -0.3 is 15.5 Å². The summed E-state index contributed by atoms with van der Waals surface area (Å²) in [6.45, 7) is 5.19. The molecule has 0 radical (unpaired) electrons. The Bertz CT molecular complexity index is 1320. The molecule has 0 aliphatic heterocycles. The van der Waals surface area contributed by atoms with Crippen LogP contribution in [0.4, 0.5) is 11.4 Å². The highest BCUT2D eigenvalue weighted by Crippen LogP contribution is 2.25. The van der Waals surface area contributed by atoms with Crippen LogP contribution in [0.25, 0.3) is 16.9 Å². The number of nitrogens with one attached hydrogen (secondary N) is 1. The van der Waals surface area contributed by atoms with Gasteiger partial charge in [-0.2, -0.15) is 5.10 Å². The van der Waals surface area contributed by atoms with Gasteiger partial charge in [-0.05, 0) is 67.1 Å². The normalized spacial score (nSPS) is 10.9. The minimum atomic E-state index is -0.540. The molecule has 0 saturated carbocycles. The van der Waals surface area contributed by atoms with Crippen LogP contribution in [0.5, 0.6) is 0 Å². The maximum absolute atomic E-state index is 12.6. The predicted octanol–water partition coefficient (Wildman–Crippen LogP) is 1.63. The van der Waals surface area contributed by atoms with Crippen molar-refractivity contribution in [2.24, 2.45) is 0 Å². The average molecular weight is 420 g/mol. The molecule has 31 heavy (non-hydrogen) atoms. The van der Waals surface area contributed by atoms with Crippen molar-refractivity contribution < 1.29 is 9.21 Å². The number of nitrogens with two attached hydrogens (primary N) is 1. The summed E-state index contributed by atoms with van der Waals surface area (Å²) in [6, 6.07) is 8.58. The fourth-order valence-electron chi connectivity index (χ4n) is 3.28. The van der Waals surface area contributed by atoms with Crippen LogP contribution in [0.15, 0.2) is 45.9 Å². The van der Waals surface area contributed by atoms with Crippen molar-refractivity contribution in [3.8, 4) is 16.9 Å². The molecule has 11 nitrogen and oxygen atoms in total. The smallest absolute Gasteiger partial charge is 0.290 e. The van der Waals surface area contributed by atoms with Crippen LogP contribution in [0, 0.1) is 20.8 Å². The van der Waals surface area contributed by atoms with Crippen LogP contribution in [-0.2, 0) is 11.3 Å². The SMILES string of the molecule is Cc1cc(-c2cc(N)c(=O)n(CC(=O)Nc3ccc(-n4cnnn4)c(C)c3)n2)c(C)o1. The summed E-state index contributed by atoms with van der Waals surface area (Å²) in [5, 5.41) is 18.2. The van der Waals surface area contributed by atoms with Crippen LogP contribution < -0.4 is 16.6 Å². The van der Waals surface area contributed by atoms with Crippen LogP contribution in [0.3, 0.4) is 0 Å². The highest BCUT2D eigenvalue weighted by molar-refractivity contribution is 5.90. The van der Waals surface area contributed by atoms with Gasteiger partial charge in [-0.15, -0.1) is 5.10 Å². The molecular formula is C20H20N8O3. The molecule has 0 aliphatic rings. The minimum Gasteiger partial charge on any atom is -0.466 e. The van der Waals surface area contributed by atoms with Gasteiger partial charge in [0.15, 0.2) is 0 Å². The molecule has 1 aromatic carbocycles. The molecule has 1 amide bonds. The van der Waals surface area contributed by atoms with E-state index in [1.807, 2.05) is 13.8 Å². The number of hydrogen-bond acceptors (Lipinski definition) is 8. The summed E-state index contributed by atoms with van der Waals surface area (Å²) in [5.41, 5.74) is 8.72. The maximum Gasteiger partial charge on any atom is 0.290 e. The van der Waals surface area contributed by atoms with Gasteiger partial charge in [-0.3, -0.25) is 9.59 Å². The summed E-state index contributed by atoms with van der Waals surface area (Å²) < 4.78 is 8.10. The molecule has 4 aromatic rings. The molecule has 0 aliphatic carbocycles. The Morgan fingerprint density at radius 2 is 2.00 bits per heavy atom. The van der Waals surface area contributed by atoms with Gasteiger partial charge in [0.1, 0.15) is 30.1 Å². The zero-order valence-electron chi connectivity index (χ0n) is 17.2. The number of carbonyl (C=O) groups is 1. The lowest BCUT2D eigenvalue weighted by Gasteiger charge is -2.11. The highest BCUT2D eigenvalue weighted by Gasteiger charge is 2.15. The quantitative estimate of drug-likeness (QED) is 0.495. The Morgan fingerprint density at radius 3 is 2.65 bits per heavy atom. The van der Waals surface area contributed by atoms with Gasteiger partial charge in [-0.1, -0.05) is 0 Å². The van der Waals surface area contributed by atoms with Gasteiger partial charge in [0.2, 0.25) is 5.91 Å². The maximum atomic E-state index is 12.6. The van der Waals surface area contributed by atoms with Crippen molar-refractivity contribution in [3.63, 3.8) is 0 Å². The molecule has 3 aromatic heterocycles. The van der Waals surface area contributed by atoms with Gasteiger partial charge in [0, 0.05) is 11.3 Å². The third-order valence-electron chi connectivity index (χ3n) is 4.69. The minimum absolute atomic E-state index is 0.00214. The van der Waals surface area contributed by atoms with E-state index in [9.17, 15) is 9.59 Å². The fourth-order valence-corrected chi connectivity index (χ4v) is 3.28. The zero-order chi connectivity index (χ0) is 22.1.